The molecule has 0 bridgehead atoms. The highest BCUT2D eigenvalue weighted by Crippen LogP contribution is 2.27. The Morgan fingerprint density at radius 2 is 1.88 bits per heavy atom. The largest absolute Gasteiger partial charge is 0.465 e. The minimum absolute atomic E-state index is 0.0332. The molecule has 1 N–H and O–H groups in total. The van der Waals surface area contributed by atoms with Gasteiger partial charge in [0.15, 0.2) is 5.03 Å². The number of carboxylic acid groups (broad SMARTS) is 1. The molecule has 0 aliphatic rings. The van der Waals surface area contributed by atoms with Crippen LogP contribution in [0.5, 0.6) is 0 Å². The summed E-state index contributed by atoms with van der Waals surface area (Å²) in [5.74, 6) is -1.72. The minimum atomic E-state index is -4.31. The van der Waals surface area contributed by atoms with Gasteiger partial charge in [-0.25, -0.2) is 31.7 Å². The molecule has 0 fully saturated rings. The molecular weight excluding hydrogens is 478 g/mol. The lowest BCUT2D eigenvalue weighted by Gasteiger charge is -2.27. The molecule has 0 spiro atoms. The molecule has 0 atom stereocenters. The van der Waals surface area contributed by atoms with Gasteiger partial charge in [0.25, 0.3) is 0 Å². The van der Waals surface area contributed by atoms with E-state index in [-0.39, 0.29) is 34.2 Å². The third-order valence-corrected chi connectivity index (χ3v) is 6.37. The van der Waals surface area contributed by atoms with Crippen LogP contribution in [0.15, 0.2) is 52.5 Å². The molecule has 3 rings (SSSR count). The third-order valence-electron chi connectivity index (χ3n) is 4.44. The summed E-state index contributed by atoms with van der Waals surface area (Å²) in [4.78, 5) is 16.3. The maximum absolute atomic E-state index is 14.5. The molecule has 12 heteroatoms. The number of amides is 1. The summed E-state index contributed by atoms with van der Waals surface area (Å²) in [5.41, 5.74) is -0.801. The van der Waals surface area contributed by atoms with Crippen LogP contribution in [0.25, 0.3) is 5.69 Å². The number of rotatable bonds is 6. The topological polar surface area (TPSA) is 105 Å². The highest BCUT2D eigenvalue weighted by atomic mass is 35.5. The van der Waals surface area contributed by atoms with E-state index in [1.54, 1.807) is 0 Å². The Hall–Kier alpha value is -3.05. The Bertz CT molecular complexity index is 1290. The summed E-state index contributed by atoms with van der Waals surface area (Å²) in [6.07, 6.45) is -0.206. The summed E-state index contributed by atoms with van der Waals surface area (Å²) >= 11 is 5.74. The third kappa shape index (κ3) is 5.66. The Morgan fingerprint density at radius 1 is 1.18 bits per heavy atom. The van der Waals surface area contributed by atoms with E-state index in [1.807, 2.05) is 20.8 Å². The Labute approximate surface area is 194 Å². The number of halogens is 3. The SMILES string of the molecule is CC(C)(C)CN(Cc1cc(S(=O)(=O)c2ccc(Cl)nc2)n(-c2cc(F)ccc2F)n1)C(=O)O. The van der Waals surface area contributed by atoms with Gasteiger partial charge in [-0.15, -0.1) is 0 Å². The first kappa shape index (κ1) is 24.6. The van der Waals surface area contributed by atoms with Crippen LogP contribution in [-0.4, -0.2) is 45.8 Å². The Morgan fingerprint density at radius 3 is 2.45 bits per heavy atom. The summed E-state index contributed by atoms with van der Waals surface area (Å²) < 4.78 is 55.8. The molecule has 1 aromatic carbocycles. The van der Waals surface area contributed by atoms with E-state index in [4.69, 9.17) is 11.6 Å². The second-order valence-corrected chi connectivity index (χ2v) is 10.8. The smallest absolute Gasteiger partial charge is 0.407 e. The van der Waals surface area contributed by atoms with Gasteiger partial charge in [0.1, 0.15) is 22.5 Å². The number of pyridine rings is 1. The molecule has 33 heavy (non-hydrogen) atoms. The fourth-order valence-electron chi connectivity index (χ4n) is 3.10. The number of carbonyl (C=O) groups is 1. The number of aromatic nitrogens is 3. The predicted molar refractivity (Wildman–Crippen MR) is 116 cm³/mol. The van der Waals surface area contributed by atoms with E-state index in [2.05, 4.69) is 10.1 Å². The van der Waals surface area contributed by atoms with E-state index in [0.29, 0.717) is 0 Å². The van der Waals surface area contributed by atoms with Crippen molar-refractivity contribution in [2.45, 2.75) is 37.2 Å². The van der Waals surface area contributed by atoms with Crippen LogP contribution in [-0.2, 0) is 16.4 Å². The van der Waals surface area contributed by atoms with Gasteiger partial charge in [0, 0.05) is 24.9 Å². The summed E-state index contributed by atoms with van der Waals surface area (Å²) in [5, 5.41) is 13.3. The normalized spacial score (nSPS) is 12.1. The lowest BCUT2D eigenvalue weighted by Crippen LogP contribution is -2.36. The van der Waals surface area contributed by atoms with Gasteiger partial charge < -0.3 is 10.0 Å². The summed E-state index contributed by atoms with van der Waals surface area (Å²) in [6.45, 7) is 5.39. The average molecular weight is 499 g/mol. The zero-order chi connectivity index (χ0) is 24.6. The van der Waals surface area contributed by atoms with Crippen LogP contribution in [0.1, 0.15) is 26.5 Å². The molecule has 0 aliphatic heterocycles. The van der Waals surface area contributed by atoms with Gasteiger partial charge in [0.2, 0.25) is 9.84 Å². The van der Waals surface area contributed by atoms with Crippen LogP contribution >= 0.6 is 11.6 Å². The lowest BCUT2D eigenvalue weighted by molar-refractivity contribution is 0.122. The highest BCUT2D eigenvalue weighted by molar-refractivity contribution is 7.91. The number of benzene rings is 1. The molecule has 8 nitrogen and oxygen atoms in total. The molecule has 1 amide bonds. The van der Waals surface area contributed by atoms with Gasteiger partial charge in [0.05, 0.1) is 17.1 Å². The Kier molecular flexibility index (Phi) is 6.75. The van der Waals surface area contributed by atoms with Crippen molar-refractivity contribution < 1.29 is 27.1 Å². The molecule has 0 saturated heterocycles. The molecule has 2 heterocycles. The minimum Gasteiger partial charge on any atom is -0.465 e. The van der Waals surface area contributed by atoms with Gasteiger partial charge in [-0.05, 0) is 29.7 Å². The van der Waals surface area contributed by atoms with Crippen molar-refractivity contribution in [2.75, 3.05) is 6.54 Å². The second kappa shape index (κ2) is 9.06. The average Bonchev–Trinajstić information content (AvgIpc) is 3.13. The van der Waals surface area contributed by atoms with Crippen molar-refractivity contribution in [2.24, 2.45) is 5.41 Å². The van der Waals surface area contributed by atoms with E-state index in [1.165, 1.54) is 12.1 Å². The van der Waals surface area contributed by atoms with Crippen molar-refractivity contribution in [3.63, 3.8) is 0 Å². The zero-order valence-corrected chi connectivity index (χ0v) is 19.5. The number of hydrogen-bond acceptors (Lipinski definition) is 5. The van der Waals surface area contributed by atoms with Crippen molar-refractivity contribution in [3.8, 4) is 5.69 Å². The van der Waals surface area contributed by atoms with E-state index < -0.39 is 38.3 Å². The molecule has 0 radical (unpaired) electrons. The van der Waals surface area contributed by atoms with Crippen molar-refractivity contribution in [1.82, 2.24) is 19.7 Å². The maximum Gasteiger partial charge on any atom is 0.407 e. The van der Waals surface area contributed by atoms with E-state index in [0.717, 1.165) is 40.0 Å². The van der Waals surface area contributed by atoms with Gasteiger partial charge in [-0.3, -0.25) is 0 Å². The van der Waals surface area contributed by atoms with Crippen LogP contribution in [0.3, 0.4) is 0 Å². The van der Waals surface area contributed by atoms with Crippen LogP contribution < -0.4 is 0 Å². The second-order valence-electron chi connectivity index (χ2n) is 8.50. The standard InChI is InChI=1S/C21H21ClF2N4O4S/c1-21(2,3)12-27(20(29)30)11-14-9-19(33(31,32)15-5-7-18(22)25-10-15)28(26-14)17-8-13(23)4-6-16(17)24/h4-10H,11-12H2,1-3H3,(H,29,30). The maximum atomic E-state index is 14.5. The van der Waals surface area contributed by atoms with E-state index >= 15 is 0 Å². The van der Waals surface area contributed by atoms with Crippen molar-refractivity contribution in [3.05, 3.63) is 65.1 Å². The number of sulfone groups is 1. The van der Waals surface area contributed by atoms with Crippen LogP contribution in [0, 0.1) is 17.0 Å². The number of hydrogen-bond donors (Lipinski definition) is 1. The predicted octanol–water partition coefficient (Wildman–Crippen LogP) is 4.56. The quantitative estimate of drug-likeness (QED) is 0.499. The lowest BCUT2D eigenvalue weighted by atomic mass is 9.96. The fourth-order valence-corrected chi connectivity index (χ4v) is 4.55. The van der Waals surface area contributed by atoms with Gasteiger partial charge in [-0.2, -0.15) is 5.10 Å². The van der Waals surface area contributed by atoms with Gasteiger partial charge in [-0.1, -0.05) is 32.4 Å². The Balaban J connectivity index is 2.17. The molecule has 0 unspecified atom stereocenters. The molecule has 0 aliphatic carbocycles. The molecule has 0 saturated carbocycles. The summed E-state index contributed by atoms with van der Waals surface area (Å²) in [6, 6.07) is 6.15. The molecular formula is C21H21ClF2N4O4S. The monoisotopic (exact) mass is 498 g/mol. The van der Waals surface area contributed by atoms with Crippen LogP contribution in [0.2, 0.25) is 5.15 Å². The fraction of sp³-hybridized carbons (Fsp3) is 0.286. The molecule has 176 valence electrons. The van der Waals surface area contributed by atoms with E-state index in [9.17, 15) is 27.1 Å². The zero-order valence-electron chi connectivity index (χ0n) is 18.0. The summed E-state index contributed by atoms with van der Waals surface area (Å²) in [7, 11) is -4.31. The van der Waals surface area contributed by atoms with Crippen LogP contribution in [0.4, 0.5) is 13.6 Å². The van der Waals surface area contributed by atoms with Crippen molar-refractivity contribution in [1.29, 1.82) is 0 Å². The molecule has 3 aromatic rings. The van der Waals surface area contributed by atoms with Crippen molar-refractivity contribution >= 4 is 27.5 Å². The first-order chi connectivity index (χ1) is 15.3. The van der Waals surface area contributed by atoms with Gasteiger partial charge >= 0.3 is 6.09 Å². The first-order valence-electron chi connectivity index (χ1n) is 9.67. The first-order valence-corrected chi connectivity index (χ1v) is 11.5. The number of nitrogens with zero attached hydrogens (tertiary/aromatic N) is 4. The highest BCUT2D eigenvalue weighted by Gasteiger charge is 2.29. The molecule has 2 aromatic heterocycles.